The van der Waals surface area contributed by atoms with Gasteiger partial charge < -0.3 is 14.8 Å². The minimum atomic E-state index is 0.114. The predicted octanol–water partition coefficient (Wildman–Crippen LogP) is 3.07. The fraction of sp³-hybridized carbons (Fsp3) is 0.800. The van der Waals surface area contributed by atoms with Gasteiger partial charge in [0, 0.05) is 36.6 Å². The van der Waals surface area contributed by atoms with Gasteiger partial charge in [-0.05, 0) is 33.6 Å². The van der Waals surface area contributed by atoms with Gasteiger partial charge in [0.25, 0.3) is 0 Å². The van der Waals surface area contributed by atoms with Crippen LogP contribution in [0.15, 0.2) is 0 Å². The van der Waals surface area contributed by atoms with Crippen molar-refractivity contribution in [2.75, 3.05) is 20.3 Å². The second-order valence-corrected chi connectivity index (χ2v) is 7.49. The summed E-state index contributed by atoms with van der Waals surface area (Å²) in [5.74, 6) is 0.466. The zero-order valence-electron chi connectivity index (χ0n) is 13.0. The van der Waals surface area contributed by atoms with Crippen molar-refractivity contribution < 1.29 is 9.47 Å². The third kappa shape index (κ3) is 4.52. The maximum atomic E-state index is 5.58. The Kier molecular flexibility index (Phi) is 5.55. The van der Waals surface area contributed by atoms with Gasteiger partial charge in [-0.3, -0.25) is 0 Å². The fourth-order valence-corrected chi connectivity index (χ4v) is 3.37. The maximum absolute atomic E-state index is 5.58. The molecule has 4 nitrogen and oxygen atoms in total. The molecule has 1 unspecified atom stereocenters. The van der Waals surface area contributed by atoms with Gasteiger partial charge in [-0.15, -0.1) is 11.3 Å². The van der Waals surface area contributed by atoms with Crippen LogP contribution in [0.25, 0.3) is 0 Å². The number of hydrogen-bond acceptors (Lipinski definition) is 5. The summed E-state index contributed by atoms with van der Waals surface area (Å²) in [6.07, 6.45) is 2.32. The molecule has 0 spiro atoms. The van der Waals surface area contributed by atoms with Gasteiger partial charge in [0.1, 0.15) is 0 Å². The summed E-state index contributed by atoms with van der Waals surface area (Å²) in [7, 11) is 1.73. The van der Waals surface area contributed by atoms with Crippen molar-refractivity contribution in [3.05, 3.63) is 15.6 Å². The first-order valence-electron chi connectivity index (χ1n) is 7.30. The molecule has 1 aliphatic rings. The molecule has 1 fully saturated rings. The Balaban J connectivity index is 2.10. The van der Waals surface area contributed by atoms with Crippen LogP contribution in [-0.2, 0) is 22.6 Å². The van der Waals surface area contributed by atoms with E-state index in [0.717, 1.165) is 31.9 Å². The molecule has 0 amide bonds. The van der Waals surface area contributed by atoms with Gasteiger partial charge in [-0.2, -0.15) is 0 Å². The molecule has 0 bridgehead atoms. The molecule has 114 valence electrons. The van der Waals surface area contributed by atoms with E-state index < -0.39 is 0 Å². The zero-order chi connectivity index (χ0) is 14.6. The third-order valence-electron chi connectivity index (χ3n) is 3.36. The van der Waals surface area contributed by atoms with Crippen molar-refractivity contribution >= 4 is 11.3 Å². The van der Waals surface area contributed by atoms with Gasteiger partial charge in [0.2, 0.25) is 0 Å². The molecule has 5 heteroatoms. The quantitative estimate of drug-likeness (QED) is 0.907. The molecular weight excluding hydrogens is 272 g/mol. The first kappa shape index (κ1) is 15.9. The molecule has 0 radical (unpaired) electrons. The monoisotopic (exact) mass is 298 g/mol. The van der Waals surface area contributed by atoms with Gasteiger partial charge >= 0.3 is 0 Å². The van der Waals surface area contributed by atoms with Crippen molar-refractivity contribution in [2.24, 2.45) is 0 Å². The Morgan fingerprint density at radius 3 is 2.85 bits per heavy atom. The van der Waals surface area contributed by atoms with Crippen LogP contribution in [0.3, 0.4) is 0 Å². The highest BCUT2D eigenvalue weighted by Gasteiger charge is 2.22. The average molecular weight is 298 g/mol. The topological polar surface area (TPSA) is 43.4 Å². The van der Waals surface area contributed by atoms with E-state index in [1.165, 1.54) is 16.3 Å². The summed E-state index contributed by atoms with van der Waals surface area (Å²) in [6.45, 7) is 9.69. The Morgan fingerprint density at radius 1 is 1.45 bits per heavy atom. The Bertz CT molecular complexity index is 420. The molecule has 20 heavy (non-hydrogen) atoms. The van der Waals surface area contributed by atoms with Gasteiger partial charge in [0.15, 0.2) is 0 Å². The van der Waals surface area contributed by atoms with E-state index in [0.29, 0.717) is 12.5 Å². The lowest BCUT2D eigenvalue weighted by atomic mass is 10.0. The lowest BCUT2D eigenvalue weighted by molar-refractivity contribution is 0.0802. The van der Waals surface area contributed by atoms with Crippen molar-refractivity contribution in [3.63, 3.8) is 0 Å². The van der Waals surface area contributed by atoms with Crippen molar-refractivity contribution in [1.29, 1.82) is 0 Å². The molecule has 2 heterocycles. The molecule has 1 aliphatic heterocycles. The molecule has 1 atom stereocenters. The van der Waals surface area contributed by atoms with E-state index in [4.69, 9.17) is 14.5 Å². The zero-order valence-corrected chi connectivity index (χ0v) is 13.8. The Morgan fingerprint density at radius 2 is 2.25 bits per heavy atom. The molecule has 0 aliphatic carbocycles. The van der Waals surface area contributed by atoms with Crippen LogP contribution in [-0.4, -0.2) is 30.8 Å². The fourth-order valence-electron chi connectivity index (χ4n) is 2.25. The van der Waals surface area contributed by atoms with Gasteiger partial charge in [-0.1, -0.05) is 0 Å². The standard InChI is InChI=1S/C15H26N2O2S/c1-15(2,3)16-8-13-12(10-18-4)17-14(20-13)11-6-5-7-19-9-11/h11,16H,5-10H2,1-4H3. The summed E-state index contributed by atoms with van der Waals surface area (Å²) in [4.78, 5) is 6.09. The van der Waals surface area contributed by atoms with Crippen LogP contribution in [0.1, 0.15) is 55.1 Å². The lowest BCUT2D eigenvalue weighted by Crippen LogP contribution is -2.35. The third-order valence-corrected chi connectivity index (χ3v) is 4.62. The number of hydrogen-bond donors (Lipinski definition) is 1. The Hall–Kier alpha value is -0.490. The SMILES string of the molecule is COCc1nc(C2CCCOC2)sc1CNC(C)(C)C. The molecule has 0 saturated carbocycles. The molecule has 1 aromatic heterocycles. The van der Waals surface area contributed by atoms with Gasteiger partial charge in [0.05, 0.1) is 23.9 Å². The molecule has 0 aromatic carbocycles. The number of aromatic nitrogens is 1. The van der Waals surface area contributed by atoms with E-state index in [2.05, 4.69) is 26.1 Å². The van der Waals surface area contributed by atoms with E-state index in [1.54, 1.807) is 7.11 Å². The minimum absolute atomic E-state index is 0.114. The van der Waals surface area contributed by atoms with Crippen molar-refractivity contribution in [2.45, 2.75) is 58.2 Å². The number of nitrogens with one attached hydrogen (secondary N) is 1. The summed E-state index contributed by atoms with van der Waals surface area (Å²) in [5.41, 5.74) is 1.19. The normalized spacial score (nSPS) is 20.3. The predicted molar refractivity (Wildman–Crippen MR) is 82.2 cm³/mol. The van der Waals surface area contributed by atoms with Crippen LogP contribution in [0.5, 0.6) is 0 Å². The van der Waals surface area contributed by atoms with Crippen LogP contribution < -0.4 is 5.32 Å². The van der Waals surface area contributed by atoms with Gasteiger partial charge in [-0.25, -0.2) is 4.98 Å². The highest BCUT2D eigenvalue weighted by molar-refractivity contribution is 7.11. The minimum Gasteiger partial charge on any atom is -0.381 e. The first-order chi connectivity index (χ1) is 9.49. The summed E-state index contributed by atoms with van der Waals surface area (Å²) in [5, 5.41) is 4.75. The summed E-state index contributed by atoms with van der Waals surface area (Å²) < 4.78 is 10.9. The molecule has 1 N–H and O–H groups in total. The average Bonchev–Trinajstić information content (AvgIpc) is 2.80. The molecular formula is C15H26N2O2S. The number of methoxy groups -OCH3 is 1. The number of ether oxygens (including phenoxy) is 2. The van der Waals surface area contributed by atoms with Crippen molar-refractivity contribution in [1.82, 2.24) is 10.3 Å². The van der Waals surface area contributed by atoms with E-state index >= 15 is 0 Å². The number of rotatable bonds is 5. The van der Waals surface area contributed by atoms with Crippen LogP contribution >= 0.6 is 11.3 Å². The largest absolute Gasteiger partial charge is 0.381 e. The van der Waals surface area contributed by atoms with Crippen LogP contribution in [0.2, 0.25) is 0 Å². The second kappa shape index (κ2) is 6.98. The Labute approximate surface area is 125 Å². The highest BCUT2D eigenvalue weighted by atomic mass is 32.1. The summed E-state index contributed by atoms with van der Waals surface area (Å²) in [6, 6.07) is 0. The summed E-state index contributed by atoms with van der Waals surface area (Å²) >= 11 is 1.81. The van der Waals surface area contributed by atoms with Crippen molar-refractivity contribution in [3.8, 4) is 0 Å². The molecule has 1 aromatic rings. The van der Waals surface area contributed by atoms with E-state index in [9.17, 15) is 0 Å². The number of nitrogens with zero attached hydrogens (tertiary/aromatic N) is 1. The lowest BCUT2D eigenvalue weighted by Gasteiger charge is -2.20. The highest BCUT2D eigenvalue weighted by Crippen LogP contribution is 2.31. The molecule has 1 saturated heterocycles. The van der Waals surface area contributed by atoms with Crippen LogP contribution in [0, 0.1) is 0 Å². The number of thiazole rings is 1. The van der Waals surface area contributed by atoms with Crippen LogP contribution in [0.4, 0.5) is 0 Å². The second-order valence-electron chi connectivity index (χ2n) is 6.37. The maximum Gasteiger partial charge on any atom is 0.0986 e. The van der Waals surface area contributed by atoms with E-state index in [-0.39, 0.29) is 5.54 Å². The molecule has 2 rings (SSSR count). The first-order valence-corrected chi connectivity index (χ1v) is 8.11. The van der Waals surface area contributed by atoms with E-state index in [1.807, 2.05) is 11.3 Å². The smallest absolute Gasteiger partial charge is 0.0986 e.